The van der Waals surface area contributed by atoms with E-state index in [2.05, 4.69) is 17.2 Å². The van der Waals surface area contributed by atoms with Gasteiger partial charge in [-0.1, -0.05) is 24.3 Å². The lowest BCUT2D eigenvalue weighted by Crippen LogP contribution is -2.37. The Kier molecular flexibility index (Phi) is 5.68. The molecule has 0 unspecified atom stereocenters. The lowest BCUT2D eigenvalue weighted by Gasteiger charge is -2.21. The van der Waals surface area contributed by atoms with E-state index >= 15 is 0 Å². The smallest absolute Gasteiger partial charge is 0.257 e. The summed E-state index contributed by atoms with van der Waals surface area (Å²) < 4.78 is 13.5. The van der Waals surface area contributed by atoms with Crippen LogP contribution in [0.4, 0.5) is 21.5 Å². The molecule has 0 saturated heterocycles. The summed E-state index contributed by atoms with van der Waals surface area (Å²) in [5, 5.41) is 16.0. The third-order valence-corrected chi connectivity index (χ3v) is 4.59. The second-order valence-electron chi connectivity index (χ2n) is 6.85. The second-order valence-corrected chi connectivity index (χ2v) is 6.85. The van der Waals surface area contributed by atoms with Gasteiger partial charge in [-0.05, 0) is 29.8 Å². The number of phenols is 1. The minimum Gasteiger partial charge on any atom is -0.505 e. The van der Waals surface area contributed by atoms with Gasteiger partial charge < -0.3 is 20.6 Å². The van der Waals surface area contributed by atoms with E-state index in [1.54, 1.807) is 20.2 Å². The Hall–Kier alpha value is -3.94. The largest absolute Gasteiger partial charge is 0.505 e. The maximum Gasteiger partial charge on any atom is 0.257 e. The summed E-state index contributed by atoms with van der Waals surface area (Å²) in [6.07, 6.45) is 1.48. The molecule has 0 aliphatic heterocycles. The van der Waals surface area contributed by atoms with Gasteiger partial charge in [-0.15, -0.1) is 6.58 Å². The molecular weight excluding hydrogens is 389 g/mol. The topological polar surface area (TPSA) is 98.7 Å². The molecule has 0 aliphatic rings. The van der Waals surface area contributed by atoms with Gasteiger partial charge in [0.2, 0.25) is 0 Å². The molecule has 0 heterocycles. The lowest BCUT2D eigenvalue weighted by molar-refractivity contribution is 0.0824. The molecule has 3 aromatic carbocycles. The van der Waals surface area contributed by atoms with Crippen molar-refractivity contribution < 1.29 is 14.3 Å². The van der Waals surface area contributed by atoms with Crippen molar-refractivity contribution in [3.05, 3.63) is 92.5 Å². The first-order valence-corrected chi connectivity index (χ1v) is 9.03. The van der Waals surface area contributed by atoms with E-state index in [4.69, 9.17) is 0 Å². The number of hydrogen-bond donors (Lipinski definition) is 3. The van der Waals surface area contributed by atoms with Crippen LogP contribution in [-0.4, -0.2) is 30.0 Å². The summed E-state index contributed by atoms with van der Waals surface area (Å²) in [6.45, 7) is 3.69. The number of aromatic hydroxyl groups is 1. The highest BCUT2D eigenvalue weighted by molar-refractivity contribution is 5.99. The quantitative estimate of drug-likeness (QED) is 0.315. The van der Waals surface area contributed by atoms with E-state index in [-0.39, 0.29) is 28.4 Å². The predicted molar refractivity (Wildman–Crippen MR) is 114 cm³/mol. The van der Waals surface area contributed by atoms with Crippen LogP contribution in [0.3, 0.4) is 0 Å². The molecule has 154 valence electrons. The standard InChI is InChI=1S/C22H20FN3O4/c1-4-15(12-7-5-8-13(23)11-12)24-17-18(21(29)20(17)28)25-16-10-6-9-14(19(16)27)22(30)26(2)3/h4-11,15,24-25,27H,1H2,2-3H3/t15-/m1/s1. The third kappa shape index (κ3) is 3.80. The molecule has 0 spiro atoms. The molecule has 0 saturated carbocycles. The van der Waals surface area contributed by atoms with E-state index in [0.717, 1.165) is 0 Å². The Morgan fingerprint density at radius 1 is 1.13 bits per heavy atom. The number of rotatable bonds is 7. The summed E-state index contributed by atoms with van der Waals surface area (Å²) >= 11 is 0. The second kappa shape index (κ2) is 8.20. The molecule has 30 heavy (non-hydrogen) atoms. The van der Waals surface area contributed by atoms with Crippen LogP contribution in [-0.2, 0) is 0 Å². The van der Waals surface area contributed by atoms with Crippen LogP contribution in [0.25, 0.3) is 0 Å². The number of anilines is 3. The maximum atomic E-state index is 13.5. The number of benzene rings is 2. The Bertz CT molecular complexity index is 1200. The van der Waals surface area contributed by atoms with Gasteiger partial charge in [-0.25, -0.2) is 4.39 Å². The minimum absolute atomic E-state index is 0.0158. The van der Waals surface area contributed by atoms with Crippen molar-refractivity contribution in [2.24, 2.45) is 0 Å². The Morgan fingerprint density at radius 2 is 1.80 bits per heavy atom. The van der Waals surface area contributed by atoms with Crippen LogP contribution in [0, 0.1) is 5.82 Å². The van der Waals surface area contributed by atoms with Crippen LogP contribution >= 0.6 is 0 Å². The van der Waals surface area contributed by atoms with E-state index in [1.165, 1.54) is 47.4 Å². The first-order valence-electron chi connectivity index (χ1n) is 9.03. The average molecular weight is 409 g/mol. The van der Waals surface area contributed by atoms with Crippen LogP contribution in [0.5, 0.6) is 5.75 Å². The molecule has 0 radical (unpaired) electrons. The van der Waals surface area contributed by atoms with Gasteiger partial charge in [0.1, 0.15) is 17.2 Å². The highest BCUT2D eigenvalue weighted by atomic mass is 19.1. The number of amides is 1. The number of carbonyl (C=O) groups is 1. The minimum atomic E-state index is -0.775. The molecule has 0 fully saturated rings. The molecule has 0 bridgehead atoms. The first-order chi connectivity index (χ1) is 14.2. The molecule has 0 aliphatic carbocycles. The van der Waals surface area contributed by atoms with Crippen molar-refractivity contribution in [2.45, 2.75) is 6.04 Å². The molecule has 1 atom stereocenters. The summed E-state index contributed by atoms with van der Waals surface area (Å²) in [5.41, 5.74) is -0.943. The van der Waals surface area contributed by atoms with Gasteiger partial charge in [0.15, 0.2) is 5.75 Å². The van der Waals surface area contributed by atoms with Gasteiger partial charge in [0.05, 0.1) is 17.3 Å². The molecule has 3 aromatic rings. The van der Waals surface area contributed by atoms with E-state index in [0.29, 0.717) is 5.56 Å². The van der Waals surface area contributed by atoms with Gasteiger partial charge in [0.25, 0.3) is 16.8 Å². The molecule has 3 N–H and O–H groups in total. The normalized spacial score (nSPS) is 11.7. The Labute approximate surface area is 171 Å². The first kappa shape index (κ1) is 20.8. The number of nitrogens with one attached hydrogen (secondary N) is 2. The van der Waals surface area contributed by atoms with Crippen molar-refractivity contribution in [1.82, 2.24) is 4.90 Å². The maximum absolute atomic E-state index is 13.5. The van der Waals surface area contributed by atoms with Crippen LogP contribution in [0.1, 0.15) is 22.0 Å². The van der Waals surface area contributed by atoms with Gasteiger partial charge >= 0.3 is 0 Å². The van der Waals surface area contributed by atoms with Crippen LogP contribution in [0.2, 0.25) is 0 Å². The number of nitrogens with zero attached hydrogens (tertiary/aromatic N) is 1. The van der Waals surface area contributed by atoms with Gasteiger partial charge in [0, 0.05) is 14.1 Å². The number of para-hydroxylation sites is 1. The van der Waals surface area contributed by atoms with Crippen molar-refractivity contribution in [3.63, 3.8) is 0 Å². The fraction of sp³-hybridized carbons (Fsp3) is 0.136. The van der Waals surface area contributed by atoms with Gasteiger partial charge in [-0.3, -0.25) is 14.4 Å². The zero-order chi connectivity index (χ0) is 22.0. The summed E-state index contributed by atoms with van der Waals surface area (Å²) in [6, 6.07) is 9.59. The van der Waals surface area contributed by atoms with Crippen LogP contribution < -0.4 is 21.5 Å². The molecule has 3 rings (SSSR count). The third-order valence-electron chi connectivity index (χ3n) is 4.59. The number of carbonyl (C=O) groups excluding carboxylic acids is 1. The molecule has 8 heteroatoms. The van der Waals surface area contributed by atoms with E-state index in [9.17, 15) is 23.9 Å². The Balaban J connectivity index is 1.92. The zero-order valence-corrected chi connectivity index (χ0v) is 16.4. The monoisotopic (exact) mass is 409 g/mol. The molecular formula is C22H20FN3O4. The SMILES string of the molecule is C=C[C@@H](Nc1c(Nc2cccc(C(=O)N(C)C)c2O)c(=O)c1=O)c1cccc(F)c1. The van der Waals surface area contributed by atoms with E-state index in [1.807, 2.05) is 0 Å². The molecule has 7 nitrogen and oxygen atoms in total. The van der Waals surface area contributed by atoms with Gasteiger partial charge in [-0.2, -0.15) is 0 Å². The highest BCUT2D eigenvalue weighted by Gasteiger charge is 2.25. The highest BCUT2D eigenvalue weighted by Crippen LogP contribution is 2.33. The Morgan fingerprint density at radius 3 is 2.43 bits per heavy atom. The van der Waals surface area contributed by atoms with Crippen molar-refractivity contribution in [3.8, 4) is 5.75 Å². The van der Waals surface area contributed by atoms with Crippen molar-refractivity contribution >= 4 is 23.0 Å². The average Bonchev–Trinajstić information content (AvgIpc) is 2.73. The summed E-state index contributed by atoms with van der Waals surface area (Å²) in [7, 11) is 3.09. The summed E-state index contributed by atoms with van der Waals surface area (Å²) in [5.74, 6) is -1.21. The van der Waals surface area contributed by atoms with E-state index < -0.39 is 28.6 Å². The molecule has 1 amide bonds. The fourth-order valence-corrected chi connectivity index (χ4v) is 2.98. The number of halogens is 1. The number of hydrogen-bond acceptors (Lipinski definition) is 6. The fourth-order valence-electron chi connectivity index (χ4n) is 2.98. The number of phenolic OH excluding ortho intramolecular Hbond substituents is 1. The van der Waals surface area contributed by atoms with Crippen LogP contribution in [0.15, 0.2) is 64.7 Å². The van der Waals surface area contributed by atoms with Crippen molar-refractivity contribution in [2.75, 3.05) is 24.7 Å². The lowest BCUT2D eigenvalue weighted by atomic mass is 10.0. The molecule has 0 aromatic heterocycles. The zero-order valence-electron chi connectivity index (χ0n) is 16.4. The van der Waals surface area contributed by atoms with Crippen molar-refractivity contribution in [1.29, 1.82) is 0 Å². The predicted octanol–water partition coefficient (Wildman–Crippen LogP) is 2.91. The summed E-state index contributed by atoms with van der Waals surface area (Å²) in [4.78, 5) is 37.7.